The van der Waals surface area contributed by atoms with Gasteiger partial charge in [0.05, 0.1) is 33.7 Å². The minimum Gasteiger partial charge on any atom is -0.370 e. The van der Waals surface area contributed by atoms with Crippen molar-refractivity contribution in [2.24, 2.45) is 4.99 Å². The van der Waals surface area contributed by atoms with Gasteiger partial charge in [-0.25, -0.2) is 13.9 Å². The molecule has 8 nitrogen and oxygen atoms in total. The zero-order valence-corrected chi connectivity index (χ0v) is 17.6. The van der Waals surface area contributed by atoms with E-state index in [1.165, 1.54) is 35.4 Å². The highest BCUT2D eigenvalue weighted by Gasteiger charge is 2.17. The van der Waals surface area contributed by atoms with Crippen LogP contribution >= 0.6 is 0 Å². The molecule has 1 saturated heterocycles. The molecule has 0 bridgehead atoms. The Balaban J connectivity index is 1.57. The minimum absolute atomic E-state index is 0.269. The van der Waals surface area contributed by atoms with Gasteiger partial charge in [0.15, 0.2) is 0 Å². The monoisotopic (exact) mass is 434 g/mol. The van der Waals surface area contributed by atoms with Gasteiger partial charge in [-0.2, -0.15) is 0 Å². The van der Waals surface area contributed by atoms with E-state index in [0.717, 1.165) is 37.1 Å². The highest BCUT2D eigenvalue weighted by atomic mass is 19.1. The fourth-order valence-electron chi connectivity index (χ4n) is 4.17. The second-order valence-corrected chi connectivity index (χ2v) is 8.04. The maximum absolute atomic E-state index is 13.3. The molecule has 1 fully saturated rings. The number of rotatable bonds is 4. The van der Waals surface area contributed by atoms with Crippen LogP contribution in [-0.4, -0.2) is 39.1 Å². The molecule has 32 heavy (non-hydrogen) atoms. The number of hydrogen-bond acceptors (Lipinski definition) is 4. The molecule has 3 N–H and O–H groups in total. The topological polar surface area (TPSA) is 102 Å². The number of H-pyrrole nitrogens is 3. The first-order valence-corrected chi connectivity index (χ1v) is 10.6. The predicted octanol–water partition coefficient (Wildman–Crippen LogP) is 3.52. The van der Waals surface area contributed by atoms with E-state index in [2.05, 4.69) is 25.0 Å². The van der Waals surface area contributed by atoms with Crippen LogP contribution in [0.1, 0.15) is 30.5 Å². The number of halogens is 1. The Kier molecular flexibility index (Phi) is 5.01. The van der Waals surface area contributed by atoms with E-state index in [1.807, 2.05) is 12.1 Å². The first-order valence-electron chi connectivity index (χ1n) is 10.6. The predicted molar refractivity (Wildman–Crippen MR) is 123 cm³/mol. The lowest BCUT2D eigenvalue weighted by Gasteiger charge is -2.29. The smallest absolute Gasteiger partial charge is 0.323 e. The van der Waals surface area contributed by atoms with Crippen LogP contribution in [0.25, 0.3) is 16.7 Å². The summed E-state index contributed by atoms with van der Waals surface area (Å²) in [5.41, 5.74) is 4.07. The molecule has 1 aliphatic heterocycles. The number of anilines is 1. The largest absolute Gasteiger partial charge is 0.370 e. The molecular formula is C23H23FN6O2. The van der Waals surface area contributed by atoms with E-state index < -0.39 is 0 Å². The number of piperidine rings is 1. The second-order valence-electron chi connectivity index (χ2n) is 8.04. The van der Waals surface area contributed by atoms with Gasteiger partial charge in [-0.1, -0.05) is 0 Å². The van der Waals surface area contributed by atoms with Gasteiger partial charge in [0.25, 0.3) is 5.56 Å². The maximum Gasteiger partial charge on any atom is 0.323 e. The molecule has 0 radical (unpaired) electrons. The fourth-order valence-corrected chi connectivity index (χ4v) is 4.17. The van der Waals surface area contributed by atoms with Crippen molar-refractivity contribution in [1.29, 1.82) is 0 Å². The average molecular weight is 434 g/mol. The molecular weight excluding hydrogens is 411 g/mol. The third kappa shape index (κ3) is 3.66. The van der Waals surface area contributed by atoms with Gasteiger partial charge < -0.3 is 14.9 Å². The van der Waals surface area contributed by atoms with E-state index in [0.29, 0.717) is 28.1 Å². The number of aromatic amines is 3. The molecule has 2 aromatic carbocycles. The van der Waals surface area contributed by atoms with Gasteiger partial charge in [0.2, 0.25) is 0 Å². The van der Waals surface area contributed by atoms with Gasteiger partial charge in [0, 0.05) is 25.0 Å². The van der Waals surface area contributed by atoms with Crippen molar-refractivity contribution in [2.75, 3.05) is 18.0 Å². The van der Waals surface area contributed by atoms with E-state index >= 15 is 0 Å². The summed E-state index contributed by atoms with van der Waals surface area (Å²) in [6.07, 6.45) is 4.95. The molecule has 3 heterocycles. The van der Waals surface area contributed by atoms with Crippen molar-refractivity contribution in [2.45, 2.75) is 26.2 Å². The number of aryl methyl sites for hydroxylation is 1. The summed E-state index contributed by atoms with van der Waals surface area (Å²) in [6.45, 7) is 3.63. The lowest BCUT2D eigenvalue weighted by molar-refractivity contribution is 0.578. The van der Waals surface area contributed by atoms with Gasteiger partial charge in [-0.15, -0.1) is 0 Å². The highest BCUT2D eigenvalue weighted by molar-refractivity contribution is 5.91. The Labute approximate surface area is 182 Å². The maximum atomic E-state index is 13.3. The quantitative estimate of drug-likeness (QED) is 0.428. The number of hydrogen-bond donors (Lipinski definition) is 3. The van der Waals surface area contributed by atoms with Crippen molar-refractivity contribution in [3.05, 3.63) is 74.3 Å². The van der Waals surface area contributed by atoms with E-state index in [9.17, 15) is 14.0 Å². The molecule has 164 valence electrons. The molecule has 0 unspecified atom stereocenters. The summed E-state index contributed by atoms with van der Waals surface area (Å²) >= 11 is 0. The summed E-state index contributed by atoms with van der Waals surface area (Å²) in [7, 11) is 0. The Hall–Kier alpha value is -3.88. The summed E-state index contributed by atoms with van der Waals surface area (Å²) in [5, 5.41) is 3.02. The van der Waals surface area contributed by atoms with Gasteiger partial charge in [-0.3, -0.25) is 14.9 Å². The summed E-state index contributed by atoms with van der Waals surface area (Å²) in [6, 6.07) is 9.46. The Morgan fingerprint density at radius 1 is 1.00 bits per heavy atom. The van der Waals surface area contributed by atoms with E-state index in [-0.39, 0.29) is 17.1 Å². The first-order chi connectivity index (χ1) is 15.5. The zero-order chi connectivity index (χ0) is 22.2. The minimum atomic E-state index is -0.365. The van der Waals surface area contributed by atoms with Gasteiger partial charge in [0.1, 0.15) is 5.82 Å². The number of benzene rings is 2. The van der Waals surface area contributed by atoms with E-state index in [4.69, 9.17) is 0 Å². The van der Waals surface area contributed by atoms with Crippen LogP contribution in [0.3, 0.4) is 0 Å². The van der Waals surface area contributed by atoms with Crippen LogP contribution in [0.15, 0.2) is 51.0 Å². The lowest BCUT2D eigenvalue weighted by atomic mass is 10.1. The second kappa shape index (κ2) is 7.99. The van der Waals surface area contributed by atoms with Crippen molar-refractivity contribution >= 4 is 28.6 Å². The van der Waals surface area contributed by atoms with Crippen LogP contribution in [0.2, 0.25) is 0 Å². The molecule has 4 aromatic rings. The van der Waals surface area contributed by atoms with E-state index in [1.54, 1.807) is 13.1 Å². The zero-order valence-electron chi connectivity index (χ0n) is 17.6. The molecule has 0 aliphatic carbocycles. The molecule has 0 spiro atoms. The SMILES string of the molecule is Cc1[nH]n(-c2ccc(F)cc2)c(=O)c1C=Nc1cc2[nH]c(=O)[nH]c2cc1N1CCCCC1. The molecule has 0 saturated carbocycles. The van der Waals surface area contributed by atoms with Crippen molar-refractivity contribution in [3.63, 3.8) is 0 Å². The summed E-state index contributed by atoms with van der Waals surface area (Å²) < 4.78 is 14.6. The van der Waals surface area contributed by atoms with Crippen molar-refractivity contribution < 1.29 is 4.39 Å². The number of imidazole rings is 1. The molecule has 5 rings (SSSR count). The number of nitrogens with one attached hydrogen (secondary N) is 3. The first kappa shape index (κ1) is 20.0. The van der Waals surface area contributed by atoms with Crippen LogP contribution in [0.5, 0.6) is 0 Å². The molecule has 0 amide bonds. The van der Waals surface area contributed by atoms with Crippen LogP contribution in [0, 0.1) is 12.7 Å². The standard InChI is InChI=1S/C23H23FN6O2/c1-14-17(22(31)30(28-14)16-7-5-15(24)6-8-16)13-25-20-11-18-19(27-23(32)26-18)12-21(20)29-9-3-2-4-10-29/h5-8,11-13,28H,2-4,9-10H2,1H3,(H2,26,27,32). The third-order valence-corrected chi connectivity index (χ3v) is 5.84. The van der Waals surface area contributed by atoms with Crippen molar-refractivity contribution in [1.82, 2.24) is 19.7 Å². The summed E-state index contributed by atoms with van der Waals surface area (Å²) in [5.74, 6) is -0.365. The normalized spacial score (nSPS) is 14.6. The third-order valence-electron chi connectivity index (χ3n) is 5.84. The Bertz CT molecular complexity index is 1420. The average Bonchev–Trinajstić information content (AvgIpc) is 3.30. The number of aromatic nitrogens is 4. The molecule has 9 heteroatoms. The number of aliphatic imine (C=N–C) groups is 1. The summed E-state index contributed by atoms with van der Waals surface area (Å²) in [4.78, 5) is 37.3. The van der Waals surface area contributed by atoms with Crippen LogP contribution in [-0.2, 0) is 0 Å². The molecule has 1 aliphatic rings. The lowest BCUT2D eigenvalue weighted by Crippen LogP contribution is -2.29. The Morgan fingerprint density at radius 2 is 1.69 bits per heavy atom. The van der Waals surface area contributed by atoms with Crippen LogP contribution < -0.4 is 16.1 Å². The molecule has 2 aromatic heterocycles. The number of nitrogens with zero attached hydrogens (tertiary/aromatic N) is 3. The van der Waals surface area contributed by atoms with Gasteiger partial charge in [-0.05, 0) is 62.6 Å². The van der Waals surface area contributed by atoms with Gasteiger partial charge >= 0.3 is 5.69 Å². The Morgan fingerprint density at radius 3 is 2.41 bits per heavy atom. The number of fused-ring (bicyclic) bond motifs is 1. The molecule has 0 atom stereocenters. The fraction of sp³-hybridized carbons (Fsp3) is 0.261. The van der Waals surface area contributed by atoms with Crippen molar-refractivity contribution in [3.8, 4) is 5.69 Å². The highest BCUT2D eigenvalue weighted by Crippen LogP contribution is 2.33. The van der Waals surface area contributed by atoms with Crippen LogP contribution in [0.4, 0.5) is 15.8 Å².